The number of rotatable bonds is 6. The average molecular weight is 374 g/mol. The number of aliphatic imine (C=N–C) groups is 1. The Morgan fingerprint density at radius 2 is 2.04 bits per heavy atom. The highest BCUT2D eigenvalue weighted by Crippen LogP contribution is 2.29. The van der Waals surface area contributed by atoms with Gasteiger partial charge in [-0.15, -0.1) is 0 Å². The predicted octanol–water partition coefficient (Wildman–Crippen LogP) is 2.74. The molecule has 0 unspecified atom stereocenters. The van der Waals surface area contributed by atoms with Gasteiger partial charge in [-0.25, -0.2) is 0 Å². The Morgan fingerprint density at radius 3 is 2.68 bits per heavy atom. The van der Waals surface area contributed by atoms with Gasteiger partial charge in [-0.3, -0.25) is 9.98 Å². The molecule has 1 N–H and O–H groups in total. The van der Waals surface area contributed by atoms with Crippen molar-refractivity contribution in [3.05, 3.63) is 59.5 Å². The molecule has 1 aromatic carbocycles. The van der Waals surface area contributed by atoms with Crippen LogP contribution in [-0.2, 0) is 6.61 Å². The van der Waals surface area contributed by atoms with E-state index >= 15 is 0 Å². The zero-order valence-electron chi connectivity index (χ0n) is 15.5. The summed E-state index contributed by atoms with van der Waals surface area (Å²) < 4.78 is 5.63. The van der Waals surface area contributed by atoms with E-state index in [2.05, 4.69) is 32.7 Å². The largest absolute Gasteiger partial charge is 0.493 e. The van der Waals surface area contributed by atoms with E-state index in [0.717, 1.165) is 5.56 Å². The first-order chi connectivity index (χ1) is 13.5. The molecular weight excluding hydrogens is 356 g/mol. The van der Waals surface area contributed by atoms with Gasteiger partial charge in [-0.1, -0.05) is 12.1 Å². The molecule has 0 saturated carbocycles. The van der Waals surface area contributed by atoms with Crippen LogP contribution in [0.1, 0.15) is 16.8 Å². The SMILES string of the molecule is C=N/C(=C\N(C)C)c1nccc2c(O)nc(OCc3ccc(C#N)cc3)nc12. The van der Waals surface area contributed by atoms with E-state index in [-0.39, 0.29) is 18.5 Å². The molecule has 0 amide bonds. The summed E-state index contributed by atoms with van der Waals surface area (Å²) in [7, 11) is 3.71. The molecule has 0 bridgehead atoms. The van der Waals surface area contributed by atoms with Crippen molar-refractivity contribution in [2.75, 3.05) is 14.1 Å². The van der Waals surface area contributed by atoms with Gasteiger partial charge in [0.25, 0.3) is 0 Å². The van der Waals surface area contributed by atoms with E-state index in [1.807, 2.05) is 19.0 Å². The third kappa shape index (κ3) is 4.04. The van der Waals surface area contributed by atoms with Gasteiger partial charge < -0.3 is 14.7 Å². The van der Waals surface area contributed by atoms with Crippen LogP contribution < -0.4 is 4.74 Å². The summed E-state index contributed by atoms with van der Waals surface area (Å²) in [5, 5.41) is 19.6. The van der Waals surface area contributed by atoms with E-state index in [0.29, 0.717) is 27.9 Å². The normalized spacial score (nSPS) is 11.1. The molecule has 0 aliphatic carbocycles. The summed E-state index contributed by atoms with van der Waals surface area (Å²) in [6.07, 6.45) is 3.30. The Labute approximate surface area is 162 Å². The summed E-state index contributed by atoms with van der Waals surface area (Å²) in [4.78, 5) is 18.6. The predicted molar refractivity (Wildman–Crippen MR) is 106 cm³/mol. The summed E-state index contributed by atoms with van der Waals surface area (Å²) in [6, 6.07) is 10.7. The lowest BCUT2D eigenvalue weighted by Crippen LogP contribution is -2.04. The molecular formula is C20H18N6O2. The lowest BCUT2D eigenvalue weighted by atomic mass is 10.2. The van der Waals surface area contributed by atoms with Crippen LogP contribution >= 0.6 is 0 Å². The molecule has 0 aliphatic heterocycles. The fourth-order valence-corrected chi connectivity index (χ4v) is 2.52. The highest BCUT2D eigenvalue weighted by atomic mass is 16.5. The molecule has 2 heterocycles. The maximum absolute atomic E-state index is 10.3. The van der Waals surface area contributed by atoms with Crippen molar-refractivity contribution in [1.82, 2.24) is 19.9 Å². The number of ether oxygens (including phenoxy) is 1. The molecule has 3 rings (SSSR count). The van der Waals surface area contributed by atoms with E-state index < -0.39 is 0 Å². The zero-order chi connectivity index (χ0) is 20.1. The molecule has 8 nitrogen and oxygen atoms in total. The van der Waals surface area contributed by atoms with Crippen molar-refractivity contribution in [2.24, 2.45) is 4.99 Å². The van der Waals surface area contributed by atoms with E-state index in [1.54, 1.807) is 42.7 Å². The van der Waals surface area contributed by atoms with Gasteiger partial charge in [-0.2, -0.15) is 15.2 Å². The summed E-state index contributed by atoms with van der Waals surface area (Å²) >= 11 is 0. The smallest absolute Gasteiger partial charge is 0.320 e. The lowest BCUT2D eigenvalue weighted by molar-refractivity contribution is 0.277. The van der Waals surface area contributed by atoms with Gasteiger partial charge in [0.1, 0.15) is 23.5 Å². The van der Waals surface area contributed by atoms with Crippen molar-refractivity contribution < 1.29 is 9.84 Å². The second kappa shape index (κ2) is 8.14. The summed E-state index contributed by atoms with van der Waals surface area (Å²) in [6.45, 7) is 3.77. The fraction of sp³-hybridized carbons (Fsp3) is 0.150. The molecule has 140 valence electrons. The molecule has 8 heteroatoms. The van der Waals surface area contributed by atoms with Crippen molar-refractivity contribution >= 4 is 23.3 Å². The maximum Gasteiger partial charge on any atom is 0.320 e. The summed E-state index contributed by atoms with van der Waals surface area (Å²) in [5.74, 6) is -0.211. The number of pyridine rings is 1. The Bertz CT molecular complexity index is 1080. The first-order valence-corrected chi connectivity index (χ1v) is 8.34. The third-order valence-corrected chi connectivity index (χ3v) is 3.82. The van der Waals surface area contributed by atoms with Crippen LogP contribution in [0.2, 0.25) is 0 Å². The maximum atomic E-state index is 10.3. The third-order valence-electron chi connectivity index (χ3n) is 3.82. The summed E-state index contributed by atoms with van der Waals surface area (Å²) in [5.41, 5.74) is 2.78. The van der Waals surface area contributed by atoms with Gasteiger partial charge in [-0.05, 0) is 30.5 Å². The number of nitriles is 1. The van der Waals surface area contributed by atoms with Crippen LogP contribution in [0, 0.1) is 11.3 Å². The van der Waals surface area contributed by atoms with Gasteiger partial charge in [0.2, 0.25) is 5.88 Å². The van der Waals surface area contributed by atoms with E-state index in [9.17, 15) is 5.11 Å². The zero-order valence-corrected chi connectivity index (χ0v) is 15.5. The van der Waals surface area contributed by atoms with Gasteiger partial charge in [0.15, 0.2) is 0 Å². The molecule has 3 aromatic rings. The van der Waals surface area contributed by atoms with Crippen LogP contribution in [0.15, 0.2) is 47.7 Å². The van der Waals surface area contributed by atoms with Crippen LogP contribution in [0.3, 0.4) is 0 Å². The van der Waals surface area contributed by atoms with E-state index in [1.165, 1.54) is 0 Å². The number of benzene rings is 1. The second-order valence-corrected chi connectivity index (χ2v) is 6.12. The number of nitrogens with zero attached hydrogens (tertiary/aromatic N) is 6. The second-order valence-electron chi connectivity index (χ2n) is 6.12. The number of aromatic hydroxyl groups is 1. The van der Waals surface area contributed by atoms with Crippen LogP contribution in [0.25, 0.3) is 16.6 Å². The quantitative estimate of drug-likeness (QED) is 0.661. The Morgan fingerprint density at radius 1 is 1.29 bits per heavy atom. The van der Waals surface area contributed by atoms with Crippen LogP contribution in [0.5, 0.6) is 11.9 Å². The van der Waals surface area contributed by atoms with Crippen molar-refractivity contribution in [3.63, 3.8) is 0 Å². The van der Waals surface area contributed by atoms with Crippen molar-refractivity contribution in [1.29, 1.82) is 5.26 Å². The van der Waals surface area contributed by atoms with Gasteiger partial charge >= 0.3 is 6.01 Å². The lowest BCUT2D eigenvalue weighted by Gasteiger charge is -2.11. The van der Waals surface area contributed by atoms with Gasteiger partial charge in [0.05, 0.1) is 17.0 Å². The molecule has 0 saturated heterocycles. The highest BCUT2D eigenvalue weighted by molar-refractivity contribution is 5.92. The molecule has 2 aromatic heterocycles. The Hall–Kier alpha value is -3.99. The molecule has 0 spiro atoms. The molecule has 0 aliphatic rings. The standard InChI is InChI=1S/C20H18N6O2/c1-22-16(11-26(2)3)18-17-15(8-9-23-18)19(27)25-20(24-17)28-12-14-6-4-13(10-21)5-7-14/h4-9,11H,1,12H2,2-3H3,(H,24,25,27)/b16-11-. The van der Waals surface area contributed by atoms with Crippen molar-refractivity contribution in [3.8, 4) is 18.0 Å². The number of aromatic nitrogens is 3. The minimum absolute atomic E-state index is 0.0110. The number of hydrogen-bond acceptors (Lipinski definition) is 8. The number of fused-ring (bicyclic) bond motifs is 1. The average Bonchev–Trinajstić information content (AvgIpc) is 2.70. The highest BCUT2D eigenvalue weighted by Gasteiger charge is 2.15. The minimum Gasteiger partial charge on any atom is -0.493 e. The van der Waals surface area contributed by atoms with Crippen LogP contribution in [0.4, 0.5) is 0 Å². The first kappa shape index (κ1) is 18.8. The van der Waals surface area contributed by atoms with Gasteiger partial charge in [0, 0.05) is 26.5 Å². The van der Waals surface area contributed by atoms with Crippen LogP contribution in [-0.4, -0.2) is 45.8 Å². The topological polar surface area (TPSA) is 108 Å². The Balaban J connectivity index is 1.97. The molecule has 0 atom stereocenters. The fourth-order valence-electron chi connectivity index (χ4n) is 2.52. The van der Waals surface area contributed by atoms with E-state index in [4.69, 9.17) is 10.00 Å². The number of hydrogen-bond donors (Lipinski definition) is 1. The first-order valence-electron chi connectivity index (χ1n) is 8.34. The molecule has 28 heavy (non-hydrogen) atoms. The molecule has 0 radical (unpaired) electrons. The Kier molecular flexibility index (Phi) is 5.46. The van der Waals surface area contributed by atoms with Crippen molar-refractivity contribution in [2.45, 2.75) is 6.61 Å². The monoisotopic (exact) mass is 374 g/mol. The minimum atomic E-state index is -0.211. The molecule has 0 fully saturated rings.